The molecule has 0 atom stereocenters. The molecule has 16 heteroatoms. The predicted octanol–water partition coefficient (Wildman–Crippen LogP) is 3.55. The average molecular weight is 612 g/mol. The van der Waals surface area contributed by atoms with Gasteiger partial charge in [-0.1, -0.05) is 12.1 Å². The second-order valence-corrected chi connectivity index (χ2v) is 8.12. The van der Waals surface area contributed by atoms with E-state index in [1.54, 1.807) is 24.3 Å². The first kappa shape index (κ1) is 32.7. The van der Waals surface area contributed by atoms with Crippen molar-refractivity contribution in [2.75, 3.05) is 27.4 Å². The number of hydrogen-bond acceptors (Lipinski definition) is 12. The van der Waals surface area contributed by atoms with E-state index < -0.39 is 7.12 Å². The Morgan fingerprint density at radius 3 is 1.48 bits per heavy atom. The molecule has 0 saturated carbocycles. The minimum absolute atomic E-state index is 0.0249. The Balaban J connectivity index is 0.000000222. The molecule has 0 amide bonds. The lowest BCUT2D eigenvalue weighted by Crippen LogP contribution is -2.29. The Kier molecular flexibility index (Phi) is 14.1. The highest BCUT2D eigenvalue weighted by molar-refractivity contribution is 6.58. The van der Waals surface area contributed by atoms with E-state index >= 15 is 0 Å². The van der Waals surface area contributed by atoms with E-state index in [4.69, 9.17) is 59.1 Å². The van der Waals surface area contributed by atoms with Gasteiger partial charge in [-0.3, -0.25) is 0 Å². The molecule has 0 unspecified atom stereocenters. The van der Waals surface area contributed by atoms with Crippen molar-refractivity contribution >= 4 is 47.4 Å². The summed E-state index contributed by atoms with van der Waals surface area (Å²) in [4.78, 5) is 22.7. The molecule has 0 aliphatic rings. The van der Waals surface area contributed by atoms with Gasteiger partial charge < -0.3 is 29.0 Å². The third kappa shape index (κ3) is 11.3. The molecular formula is C24H26BCl3N6O6. The standard InChI is InChI=1S/C12H12ClN3O2.C8H11BO3.C4H3Cl2N3O/c1-3-18-9-6-4-8(5-7-9)10-14-11(13)16-12(15-10)17-2;1-2-12-8-5-3-7(4-6-8)9(10)11;1-10-4-8-2(5)7-3(6)9-4/h4-7H,3H2,1-2H3;3-6,10-11H,2H2,1H3;1H3. The Labute approximate surface area is 246 Å². The third-order valence-corrected chi connectivity index (χ3v) is 4.93. The lowest BCUT2D eigenvalue weighted by Gasteiger charge is -2.05. The predicted molar refractivity (Wildman–Crippen MR) is 152 cm³/mol. The first-order chi connectivity index (χ1) is 19.2. The van der Waals surface area contributed by atoms with E-state index in [0.29, 0.717) is 24.5 Å². The topological polar surface area (TPSA) is 155 Å². The lowest BCUT2D eigenvalue weighted by molar-refractivity contribution is 0.340. The first-order valence-corrected chi connectivity index (χ1v) is 12.7. The van der Waals surface area contributed by atoms with Crippen molar-refractivity contribution in [1.82, 2.24) is 29.9 Å². The van der Waals surface area contributed by atoms with Crippen molar-refractivity contribution in [2.24, 2.45) is 0 Å². The fourth-order valence-corrected chi connectivity index (χ4v) is 3.22. The van der Waals surface area contributed by atoms with Crippen LogP contribution in [0, 0.1) is 0 Å². The van der Waals surface area contributed by atoms with E-state index in [-0.39, 0.29) is 27.9 Å². The number of nitrogens with zero attached hydrogens (tertiary/aromatic N) is 6. The quantitative estimate of drug-likeness (QED) is 0.280. The van der Waals surface area contributed by atoms with Crippen LogP contribution in [0.15, 0.2) is 48.5 Å². The molecule has 40 heavy (non-hydrogen) atoms. The van der Waals surface area contributed by atoms with Crippen LogP contribution in [0.4, 0.5) is 0 Å². The van der Waals surface area contributed by atoms with Gasteiger partial charge in [0, 0.05) is 5.56 Å². The zero-order chi connectivity index (χ0) is 29.5. The van der Waals surface area contributed by atoms with E-state index in [0.717, 1.165) is 17.1 Å². The third-order valence-electron chi connectivity index (χ3n) is 4.43. The molecule has 0 spiro atoms. The highest BCUT2D eigenvalue weighted by atomic mass is 35.5. The minimum atomic E-state index is -1.40. The van der Waals surface area contributed by atoms with Gasteiger partial charge in [-0.2, -0.15) is 29.9 Å². The van der Waals surface area contributed by atoms with Crippen LogP contribution in [0.1, 0.15) is 13.8 Å². The van der Waals surface area contributed by atoms with E-state index in [9.17, 15) is 0 Å². The van der Waals surface area contributed by atoms with Gasteiger partial charge >= 0.3 is 19.1 Å². The van der Waals surface area contributed by atoms with Crippen LogP contribution in [0.5, 0.6) is 23.5 Å². The van der Waals surface area contributed by atoms with Gasteiger partial charge in [0.25, 0.3) is 0 Å². The zero-order valence-corrected chi connectivity index (χ0v) is 24.2. The number of benzene rings is 2. The summed E-state index contributed by atoms with van der Waals surface area (Å²) in [5.74, 6) is 2.00. The number of aromatic nitrogens is 6. The van der Waals surface area contributed by atoms with Crippen molar-refractivity contribution in [2.45, 2.75) is 13.8 Å². The average Bonchev–Trinajstić information content (AvgIpc) is 2.94. The highest BCUT2D eigenvalue weighted by Crippen LogP contribution is 2.21. The summed E-state index contributed by atoms with van der Waals surface area (Å²) in [6.45, 7) is 5.07. The number of hydrogen-bond donors (Lipinski definition) is 2. The molecule has 12 nitrogen and oxygen atoms in total. The normalized spacial score (nSPS) is 9.82. The van der Waals surface area contributed by atoms with Gasteiger partial charge in [-0.05, 0) is 90.5 Å². The largest absolute Gasteiger partial charge is 0.494 e. The Morgan fingerprint density at radius 1 is 0.625 bits per heavy atom. The molecule has 2 heterocycles. The number of rotatable bonds is 8. The van der Waals surface area contributed by atoms with Crippen molar-refractivity contribution in [3.05, 3.63) is 64.4 Å². The van der Waals surface area contributed by atoms with Crippen LogP contribution in [0.25, 0.3) is 11.4 Å². The molecule has 2 aromatic heterocycles. The van der Waals surface area contributed by atoms with Crippen LogP contribution in [0.3, 0.4) is 0 Å². The second-order valence-electron chi connectivity index (χ2n) is 7.11. The number of halogens is 3. The Morgan fingerprint density at radius 2 is 1.05 bits per heavy atom. The summed E-state index contributed by atoms with van der Waals surface area (Å²) in [5, 5.41) is 17.7. The summed E-state index contributed by atoms with van der Waals surface area (Å²) in [6, 6.07) is 14.4. The summed E-state index contributed by atoms with van der Waals surface area (Å²) in [5.41, 5.74) is 1.29. The Bertz CT molecular complexity index is 1300. The maximum atomic E-state index is 8.76. The molecule has 0 saturated heterocycles. The maximum absolute atomic E-state index is 8.76. The van der Waals surface area contributed by atoms with Crippen molar-refractivity contribution in [3.63, 3.8) is 0 Å². The molecule has 0 bridgehead atoms. The highest BCUT2D eigenvalue weighted by Gasteiger charge is 2.10. The van der Waals surface area contributed by atoms with Crippen molar-refractivity contribution in [3.8, 4) is 34.9 Å². The fraction of sp³-hybridized carbons (Fsp3) is 0.250. The summed E-state index contributed by atoms with van der Waals surface area (Å²) < 4.78 is 20.1. The van der Waals surface area contributed by atoms with Gasteiger partial charge in [-0.15, -0.1) is 0 Å². The SMILES string of the molecule is CCOc1ccc(-c2nc(Cl)nc(OC)n2)cc1.CCOc1ccc(B(O)O)cc1.COc1nc(Cl)nc(Cl)n1. The smallest absolute Gasteiger partial charge is 0.488 e. The van der Waals surface area contributed by atoms with Gasteiger partial charge in [0.15, 0.2) is 5.82 Å². The number of methoxy groups -OCH3 is 2. The molecule has 0 aliphatic carbocycles. The van der Waals surface area contributed by atoms with E-state index in [1.807, 2.05) is 38.1 Å². The van der Waals surface area contributed by atoms with Gasteiger partial charge in [0.2, 0.25) is 15.9 Å². The second kappa shape index (κ2) is 17.3. The maximum Gasteiger partial charge on any atom is 0.488 e. The fourth-order valence-electron chi connectivity index (χ4n) is 2.72. The molecular weight excluding hydrogens is 585 g/mol. The Hall–Kier alpha value is -3.49. The van der Waals surface area contributed by atoms with Crippen molar-refractivity contribution in [1.29, 1.82) is 0 Å². The van der Waals surface area contributed by atoms with Gasteiger partial charge in [0.05, 0.1) is 27.4 Å². The molecule has 212 valence electrons. The van der Waals surface area contributed by atoms with Gasteiger partial charge in [0.1, 0.15) is 11.5 Å². The zero-order valence-electron chi connectivity index (χ0n) is 22.0. The molecule has 4 aromatic rings. The van der Waals surface area contributed by atoms with Crippen LogP contribution in [-0.2, 0) is 0 Å². The van der Waals surface area contributed by atoms with E-state index in [1.165, 1.54) is 14.2 Å². The minimum Gasteiger partial charge on any atom is -0.494 e. The lowest BCUT2D eigenvalue weighted by atomic mass is 9.80. The molecule has 0 radical (unpaired) electrons. The molecule has 2 aromatic carbocycles. The van der Waals surface area contributed by atoms with Crippen LogP contribution in [-0.4, -0.2) is 74.5 Å². The van der Waals surface area contributed by atoms with E-state index in [2.05, 4.69) is 34.6 Å². The van der Waals surface area contributed by atoms with Crippen LogP contribution in [0.2, 0.25) is 15.9 Å². The number of ether oxygens (including phenoxy) is 4. The first-order valence-electron chi connectivity index (χ1n) is 11.6. The summed E-state index contributed by atoms with van der Waals surface area (Å²) >= 11 is 16.6. The molecule has 0 fully saturated rings. The molecule has 2 N–H and O–H groups in total. The van der Waals surface area contributed by atoms with Crippen LogP contribution >= 0.6 is 34.8 Å². The van der Waals surface area contributed by atoms with Gasteiger partial charge in [-0.25, -0.2) is 0 Å². The monoisotopic (exact) mass is 610 g/mol. The molecule has 4 rings (SSSR count). The summed E-state index contributed by atoms with van der Waals surface area (Å²) in [6.07, 6.45) is 0. The molecule has 0 aliphatic heterocycles. The summed E-state index contributed by atoms with van der Waals surface area (Å²) in [7, 11) is 1.50. The van der Waals surface area contributed by atoms with Crippen molar-refractivity contribution < 1.29 is 29.0 Å². The van der Waals surface area contributed by atoms with Crippen LogP contribution < -0.4 is 24.4 Å².